The van der Waals surface area contributed by atoms with Crippen LogP contribution in [-0.2, 0) is 17.5 Å². The van der Waals surface area contributed by atoms with Gasteiger partial charge in [-0.3, -0.25) is 4.79 Å². The number of rotatable bonds is 3. The number of hydrogen-bond acceptors (Lipinski definition) is 4. The first-order chi connectivity index (χ1) is 7.81. The molecular weight excluding hydrogens is 255 g/mol. The number of nitrogens with two attached hydrogens (primary N) is 1. The van der Waals surface area contributed by atoms with Crippen molar-refractivity contribution in [1.29, 1.82) is 0 Å². The van der Waals surface area contributed by atoms with Crippen LogP contribution in [-0.4, -0.2) is 16.4 Å². The molecule has 0 unspecified atom stereocenters. The Balaban J connectivity index is 1.91. The van der Waals surface area contributed by atoms with E-state index in [1.54, 1.807) is 0 Å². The molecular formula is C9H10F3N3OS. The highest BCUT2D eigenvalue weighted by molar-refractivity contribution is 7.09. The largest absolute Gasteiger partial charge is 0.434 e. The molecule has 1 aliphatic rings. The maximum atomic E-state index is 12.2. The van der Waals surface area contributed by atoms with Gasteiger partial charge < -0.3 is 11.1 Å². The SMILES string of the molecule is NC1(C(=O)NCc2nc(C(F)(F)F)cs2)CC1. The van der Waals surface area contributed by atoms with Gasteiger partial charge >= 0.3 is 6.18 Å². The molecule has 0 aliphatic heterocycles. The van der Waals surface area contributed by atoms with Crippen LogP contribution in [0.25, 0.3) is 0 Å². The summed E-state index contributed by atoms with van der Waals surface area (Å²) < 4.78 is 36.7. The minimum atomic E-state index is -4.44. The van der Waals surface area contributed by atoms with Crippen LogP contribution in [0.2, 0.25) is 0 Å². The van der Waals surface area contributed by atoms with Gasteiger partial charge in [0.05, 0.1) is 12.1 Å². The van der Waals surface area contributed by atoms with E-state index in [-0.39, 0.29) is 17.5 Å². The van der Waals surface area contributed by atoms with E-state index >= 15 is 0 Å². The molecule has 3 N–H and O–H groups in total. The zero-order chi connectivity index (χ0) is 12.7. The van der Waals surface area contributed by atoms with Gasteiger partial charge in [-0.2, -0.15) is 13.2 Å². The maximum Gasteiger partial charge on any atom is 0.434 e. The average molecular weight is 265 g/mol. The quantitative estimate of drug-likeness (QED) is 0.864. The molecule has 0 radical (unpaired) electrons. The fourth-order valence-electron chi connectivity index (χ4n) is 1.22. The third-order valence-electron chi connectivity index (χ3n) is 2.48. The van der Waals surface area contributed by atoms with Gasteiger partial charge in [-0.25, -0.2) is 4.98 Å². The Morgan fingerprint density at radius 3 is 2.71 bits per heavy atom. The van der Waals surface area contributed by atoms with E-state index in [1.165, 1.54) is 0 Å². The van der Waals surface area contributed by atoms with Crippen molar-refractivity contribution in [3.8, 4) is 0 Å². The summed E-state index contributed by atoms with van der Waals surface area (Å²) in [6.07, 6.45) is -3.21. The minimum absolute atomic E-state index is 0.0153. The van der Waals surface area contributed by atoms with Gasteiger partial charge in [-0.1, -0.05) is 0 Å². The second-order valence-electron chi connectivity index (χ2n) is 3.96. The summed E-state index contributed by atoms with van der Waals surface area (Å²) in [5.74, 6) is -0.332. The Morgan fingerprint density at radius 1 is 1.59 bits per heavy atom. The molecule has 17 heavy (non-hydrogen) atoms. The summed E-state index contributed by atoms with van der Waals surface area (Å²) >= 11 is 0.863. The summed E-state index contributed by atoms with van der Waals surface area (Å²) in [6.45, 7) is -0.0153. The number of carbonyl (C=O) groups excluding carboxylic acids is 1. The van der Waals surface area contributed by atoms with Crippen LogP contribution in [0.4, 0.5) is 13.2 Å². The van der Waals surface area contributed by atoms with Gasteiger partial charge in [0.25, 0.3) is 0 Å². The van der Waals surface area contributed by atoms with E-state index < -0.39 is 17.4 Å². The van der Waals surface area contributed by atoms with Gasteiger partial charge in [-0.15, -0.1) is 11.3 Å². The zero-order valence-corrected chi connectivity index (χ0v) is 9.49. The summed E-state index contributed by atoms with van der Waals surface area (Å²) in [6, 6.07) is 0. The molecule has 1 saturated carbocycles. The molecule has 94 valence electrons. The number of amides is 1. The van der Waals surface area contributed by atoms with Gasteiger partial charge in [-0.05, 0) is 12.8 Å². The number of hydrogen-bond donors (Lipinski definition) is 2. The zero-order valence-electron chi connectivity index (χ0n) is 8.67. The van der Waals surface area contributed by atoms with E-state index in [9.17, 15) is 18.0 Å². The first-order valence-electron chi connectivity index (χ1n) is 4.90. The lowest BCUT2D eigenvalue weighted by Gasteiger charge is -2.08. The lowest BCUT2D eigenvalue weighted by Crippen LogP contribution is -2.42. The fraction of sp³-hybridized carbons (Fsp3) is 0.556. The average Bonchev–Trinajstić information content (AvgIpc) is 2.81. The summed E-state index contributed by atoms with van der Waals surface area (Å²) in [5.41, 5.74) is 3.87. The van der Waals surface area contributed by atoms with E-state index in [1.807, 2.05) is 0 Å². The van der Waals surface area contributed by atoms with Crippen LogP contribution in [0, 0.1) is 0 Å². The molecule has 1 aromatic heterocycles. The number of aromatic nitrogens is 1. The molecule has 0 atom stereocenters. The molecule has 0 spiro atoms. The third kappa shape index (κ3) is 2.75. The molecule has 1 aromatic rings. The minimum Gasteiger partial charge on any atom is -0.348 e. The second-order valence-corrected chi connectivity index (χ2v) is 4.91. The first-order valence-corrected chi connectivity index (χ1v) is 5.78. The highest BCUT2D eigenvalue weighted by Crippen LogP contribution is 2.32. The van der Waals surface area contributed by atoms with E-state index in [0.717, 1.165) is 16.7 Å². The van der Waals surface area contributed by atoms with Crippen molar-refractivity contribution in [1.82, 2.24) is 10.3 Å². The lowest BCUT2D eigenvalue weighted by molar-refractivity contribution is -0.140. The predicted octanol–water partition coefficient (Wildman–Crippen LogP) is 1.27. The van der Waals surface area contributed by atoms with Crippen LogP contribution in [0.15, 0.2) is 5.38 Å². The van der Waals surface area contributed by atoms with Gasteiger partial charge in [0.2, 0.25) is 5.91 Å². The van der Waals surface area contributed by atoms with E-state index in [2.05, 4.69) is 10.3 Å². The molecule has 0 aromatic carbocycles. The highest BCUT2D eigenvalue weighted by atomic mass is 32.1. The van der Waals surface area contributed by atoms with Crippen LogP contribution in [0.5, 0.6) is 0 Å². The van der Waals surface area contributed by atoms with Crippen molar-refractivity contribution >= 4 is 17.2 Å². The van der Waals surface area contributed by atoms with Crippen LogP contribution in [0.1, 0.15) is 23.5 Å². The monoisotopic (exact) mass is 265 g/mol. The number of alkyl halides is 3. The van der Waals surface area contributed by atoms with Crippen molar-refractivity contribution < 1.29 is 18.0 Å². The van der Waals surface area contributed by atoms with Gasteiger partial charge in [0, 0.05) is 5.38 Å². The number of halogens is 3. The van der Waals surface area contributed by atoms with Crippen LogP contribution < -0.4 is 11.1 Å². The highest BCUT2D eigenvalue weighted by Gasteiger charge is 2.45. The molecule has 1 amide bonds. The topological polar surface area (TPSA) is 68.0 Å². The molecule has 0 bridgehead atoms. The molecule has 1 heterocycles. The lowest BCUT2D eigenvalue weighted by atomic mass is 10.3. The standard InChI is InChI=1S/C9H10F3N3OS/c10-9(11,12)5-4-17-6(15-5)3-14-7(16)8(13)1-2-8/h4H,1-3,13H2,(H,14,16). The molecule has 0 saturated heterocycles. The molecule has 1 aliphatic carbocycles. The number of nitrogens with zero attached hydrogens (tertiary/aromatic N) is 1. The van der Waals surface area contributed by atoms with Crippen molar-refractivity contribution in [2.45, 2.75) is 31.1 Å². The van der Waals surface area contributed by atoms with Crippen molar-refractivity contribution in [2.24, 2.45) is 5.73 Å². The number of nitrogens with one attached hydrogen (secondary N) is 1. The van der Waals surface area contributed by atoms with Crippen LogP contribution in [0.3, 0.4) is 0 Å². The van der Waals surface area contributed by atoms with E-state index in [4.69, 9.17) is 5.73 Å². The first kappa shape index (κ1) is 12.3. The fourth-order valence-corrected chi connectivity index (χ4v) is 1.96. The Morgan fingerprint density at radius 2 is 2.24 bits per heavy atom. The molecule has 2 rings (SSSR count). The van der Waals surface area contributed by atoms with Crippen molar-refractivity contribution in [2.75, 3.05) is 0 Å². The maximum absolute atomic E-state index is 12.2. The van der Waals surface area contributed by atoms with Gasteiger partial charge in [0.1, 0.15) is 5.01 Å². The smallest absolute Gasteiger partial charge is 0.348 e. The summed E-state index contributed by atoms with van der Waals surface area (Å²) in [5, 5.41) is 3.63. The summed E-state index contributed by atoms with van der Waals surface area (Å²) in [4.78, 5) is 14.8. The molecule has 8 heteroatoms. The summed E-state index contributed by atoms with van der Waals surface area (Å²) in [7, 11) is 0. The third-order valence-corrected chi connectivity index (χ3v) is 3.33. The second kappa shape index (κ2) is 3.95. The number of thiazole rings is 1. The Kier molecular flexibility index (Phi) is 2.86. The Hall–Kier alpha value is -1.15. The van der Waals surface area contributed by atoms with Crippen LogP contribution >= 0.6 is 11.3 Å². The van der Waals surface area contributed by atoms with Crippen molar-refractivity contribution in [3.05, 3.63) is 16.1 Å². The van der Waals surface area contributed by atoms with Crippen molar-refractivity contribution in [3.63, 3.8) is 0 Å². The Labute approximate surface area is 99.0 Å². The normalized spacial score (nSPS) is 17.9. The molecule has 1 fully saturated rings. The van der Waals surface area contributed by atoms with E-state index in [0.29, 0.717) is 12.8 Å². The molecule has 4 nitrogen and oxygen atoms in total. The number of carbonyl (C=O) groups is 1. The predicted molar refractivity (Wildman–Crippen MR) is 55.1 cm³/mol. The van der Waals surface area contributed by atoms with Gasteiger partial charge in [0.15, 0.2) is 5.69 Å². The Bertz CT molecular complexity index is 439.